The van der Waals surface area contributed by atoms with Crippen molar-refractivity contribution in [3.05, 3.63) is 34.6 Å². The van der Waals surface area contributed by atoms with Gasteiger partial charge < -0.3 is 19.5 Å². The summed E-state index contributed by atoms with van der Waals surface area (Å²) in [7, 11) is 0. The molecule has 2 aliphatic rings. The molecule has 1 aromatic carbocycles. The third kappa shape index (κ3) is 5.80. The summed E-state index contributed by atoms with van der Waals surface area (Å²) < 4.78 is 26.0. The van der Waals surface area contributed by atoms with Gasteiger partial charge in [0.1, 0.15) is 11.4 Å². The summed E-state index contributed by atoms with van der Waals surface area (Å²) in [4.78, 5) is 26.4. The molecular weight excluding hydrogens is 413 g/mol. The van der Waals surface area contributed by atoms with Gasteiger partial charge in [-0.15, -0.1) is 0 Å². The molecule has 32 heavy (non-hydrogen) atoms. The molecule has 2 fully saturated rings. The maximum absolute atomic E-state index is 15.1. The molecule has 1 amide bonds. The van der Waals surface area contributed by atoms with E-state index in [1.165, 1.54) is 0 Å². The van der Waals surface area contributed by atoms with Crippen molar-refractivity contribution in [1.29, 1.82) is 0 Å². The number of likely N-dealkylation sites (tertiary alicyclic amines) is 1. The Morgan fingerprint density at radius 1 is 1.19 bits per heavy atom. The molecule has 2 heterocycles. The Balaban J connectivity index is 1.83. The second kappa shape index (κ2) is 10.2. The topological polar surface area (TPSA) is 76.1 Å². The highest BCUT2D eigenvalue weighted by atomic mass is 19.1. The number of rotatable bonds is 5. The minimum atomic E-state index is -0.932. The molecule has 1 N–H and O–H groups in total. The van der Waals surface area contributed by atoms with Crippen LogP contribution in [0.4, 0.5) is 9.18 Å². The zero-order chi connectivity index (χ0) is 23.5. The van der Waals surface area contributed by atoms with Crippen molar-refractivity contribution in [2.24, 2.45) is 5.92 Å². The number of hydrogen-bond acceptors (Lipinski definition) is 4. The highest BCUT2D eigenvalue weighted by Gasteiger charge is 2.37. The second-order valence-electron chi connectivity index (χ2n) is 9.93. The number of benzene rings is 1. The number of hydrogen-bond donors (Lipinski definition) is 1. The summed E-state index contributed by atoms with van der Waals surface area (Å²) in [5.41, 5.74) is 1.38. The predicted octanol–water partition coefficient (Wildman–Crippen LogP) is 5.10. The minimum Gasteiger partial charge on any atom is -0.481 e. The van der Waals surface area contributed by atoms with Gasteiger partial charge in [-0.2, -0.15) is 0 Å². The maximum atomic E-state index is 15.1. The van der Waals surface area contributed by atoms with Crippen LogP contribution in [0.2, 0.25) is 0 Å². The maximum Gasteiger partial charge on any atom is 0.410 e. The Kier molecular flexibility index (Phi) is 7.80. The molecule has 0 bridgehead atoms. The fourth-order valence-corrected chi connectivity index (χ4v) is 4.93. The molecule has 0 aliphatic carbocycles. The third-order valence-electron chi connectivity index (χ3n) is 6.56. The summed E-state index contributed by atoms with van der Waals surface area (Å²) in [6.07, 6.45) is 2.79. The monoisotopic (exact) mass is 449 g/mol. The molecule has 1 unspecified atom stereocenters. The SMILES string of the molecule is CCc1c(F)cc(C2CCOCC2)cc1C(C(=O)O)C1CCN(C(=O)OC(C)(C)C)CC1. The lowest BCUT2D eigenvalue weighted by molar-refractivity contribution is -0.140. The van der Waals surface area contributed by atoms with E-state index in [-0.39, 0.29) is 23.7 Å². The van der Waals surface area contributed by atoms with Crippen LogP contribution in [0.1, 0.15) is 81.9 Å². The number of amides is 1. The Bertz CT molecular complexity index is 820. The molecule has 1 atom stereocenters. The van der Waals surface area contributed by atoms with Crippen LogP contribution in [-0.4, -0.2) is 54.0 Å². The standard InChI is InChI=1S/C25H36FNO5/c1-5-19-20(14-18(15-21(19)26)16-8-12-31-13-9-16)22(23(28)29)17-6-10-27(11-7-17)24(30)32-25(2,3)4/h14-17,22H,5-13H2,1-4H3,(H,28,29). The van der Waals surface area contributed by atoms with Gasteiger partial charge in [0.15, 0.2) is 0 Å². The smallest absolute Gasteiger partial charge is 0.410 e. The molecule has 2 saturated heterocycles. The number of carboxylic acids is 1. The molecule has 0 saturated carbocycles. The molecule has 7 heteroatoms. The molecule has 6 nitrogen and oxygen atoms in total. The molecule has 0 spiro atoms. The Morgan fingerprint density at radius 3 is 2.34 bits per heavy atom. The fourth-order valence-electron chi connectivity index (χ4n) is 4.93. The lowest BCUT2D eigenvalue weighted by Crippen LogP contribution is -2.43. The average Bonchev–Trinajstić information content (AvgIpc) is 2.73. The first-order valence-corrected chi connectivity index (χ1v) is 11.7. The van der Waals surface area contributed by atoms with Crippen LogP contribution in [0.15, 0.2) is 12.1 Å². The summed E-state index contributed by atoms with van der Waals surface area (Å²) in [5, 5.41) is 10.2. The summed E-state index contributed by atoms with van der Waals surface area (Å²) in [5.74, 6) is -2.02. The molecule has 3 rings (SSSR count). The van der Waals surface area contributed by atoms with Crippen LogP contribution in [0.5, 0.6) is 0 Å². The van der Waals surface area contributed by atoms with Crippen molar-refractivity contribution in [1.82, 2.24) is 4.90 Å². The lowest BCUT2D eigenvalue weighted by atomic mass is 9.76. The van der Waals surface area contributed by atoms with Gasteiger partial charge in [0.05, 0.1) is 5.92 Å². The van der Waals surface area contributed by atoms with E-state index in [0.29, 0.717) is 56.7 Å². The number of aliphatic carboxylic acids is 1. The molecular formula is C25H36FNO5. The van der Waals surface area contributed by atoms with E-state index < -0.39 is 17.5 Å². The van der Waals surface area contributed by atoms with Crippen LogP contribution in [-0.2, 0) is 20.7 Å². The van der Waals surface area contributed by atoms with Crippen molar-refractivity contribution in [3.8, 4) is 0 Å². The van der Waals surface area contributed by atoms with E-state index in [1.807, 2.05) is 33.8 Å². The lowest BCUT2D eigenvalue weighted by Gasteiger charge is -2.36. The number of halogens is 1. The van der Waals surface area contributed by atoms with E-state index in [2.05, 4.69) is 0 Å². The van der Waals surface area contributed by atoms with E-state index in [0.717, 1.165) is 18.4 Å². The zero-order valence-electron chi connectivity index (χ0n) is 19.7. The summed E-state index contributed by atoms with van der Waals surface area (Å²) >= 11 is 0. The number of piperidine rings is 1. The Labute approximate surface area is 190 Å². The predicted molar refractivity (Wildman–Crippen MR) is 119 cm³/mol. The first-order valence-electron chi connectivity index (χ1n) is 11.7. The van der Waals surface area contributed by atoms with E-state index in [9.17, 15) is 14.7 Å². The molecule has 0 radical (unpaired) electrons. The van der Waals surface area contributed by atoms with Gasteiger partial charge in [-0.1, -0.05) is 13.0 Å². The average molecular weight is 450 g/mol. The van der Waals surface area contributed by atoms with Crippen molar-refractivity contribution in [3.63, 3.8) is 0 Å². The molecule has 0 aromatic heterocycles. The molecule has 1 aromatic rings. The van der Waals surface area contributed by atoms with Gasteiger partial charge in [0.25, 0.3) is 0 Å². The zero-order valence-corrected chi connectivity index (χ0v) is 19.7. The number of nitrogens with zero attached hydrogens (tertiary/aromatic N) is 1. The van der Waals surface area contributed by atoms with Gasteiger partial charge in [-0.3, -0.25) is 4.79 Å². The highest BCUT2D eigenvalue weighted by Crippen LogP contribution is 2.39. The Hall–Kier alpha value is -2.15. The third-order valence-corrected chi connectivity index (χ3v) is 6.56. The Morgan fingerprint density at radius 2 is 1.81 bits per heavy atom. The largest absolute Gasteiger partial charge is 0.481 e. The number of carbonyl (C=O) groups is 2. The number of carboxylic acid groups (broad SMARTS) is 1. The minimum absolute atomic E-state index is 0.166. The van der Waals surface area contributed by atoms with E-state index >= 15 is 4.39 Å². The van der Waals surface area contributed by atoms with Crippen LogP contribution >= 0.6 is 0 Å². The van der Waals surface area contributed by atoms with Crippen molar-refractivity contribution < 1.29 is 28.6 Å². The van der Waals surface area contributed by atoms with Crippen LogP contribution in [0.25, 0.3) is 0 Å². The van der Waals surface area contributed by atoms with E-state index in [1.54, 1.807) is 11.0 Å². The molecule has 178 valence electrons. The summed E-state index contributed by atoms with van der Waals surface area (Å²) in [6, 6.07) is 3.51. The first kappa shape index (κ1) is 24.5. The molecule has 2 aliphatic heterocycles. The van der Waals surface area contributed by atoms with Crippen LogP contribution in [0, 0.1) is 11.7 Å². The van der Waals surface area contributed by atoms with Gasteiger partial charge in [0.2, 0.25) is 0 Å². The van der Waals surface area contributed by atoms with Crippen LogP contribution in [0.3, 0.4) is 0 Å². The normalized spacial score (nSPS) is 19.6. The summed E-state index contributed by atoms with van der Waals surface area (Å²) in [6.45, 7) is 9.49. The van der Waals surface area contributed by atoms with Crippen molar-refractivity contribution >= 4 is 12.1 Å². The van der Waals surface area contributed by atoms with E-state index in [4.69, 9.17) is 9.47 Å². The van der Waals surface area contributed by atoms with Gasteiger partial charge >= 0.3 is 12.1 Å². The van der Waals surface area contributed by atoms with Crippen molar-refractivity contribution in [2.75, 3.05) is 26.3 Å². The number of carbonyl (C=O) groups excluding carboxylic acids is 1. The number of ether oxygens (including phenoxy) is 2. The fraction of sp³-hybridized carbons (Fsp3) is 0.680. The highest BCUT2D eigenvalue weighted by molar-refractivity contribution is 5.77. The quantitative estimate of drug-likeness (QED) is 0.677. The van der Waals surface area contributed by atoms with Gasteiger partial charge in [0, 0.05) is 26.3 Å². The van der Waals surface area contributed by atoms with Crippen LogP contribution < -0.4 is 0 Å². The van der Waals surface area contributed by atoms with Crippen molar-refractivity contribution in [2.45, 2.75) is 77.2 Å². The van der Waals surface area contributed by atoms with Gasteiger partial charge in [-0.25, -0.2) is 9.18 Å². The first-order chi connectivity index (χ1) is 15.1. The second-order valence-corrected chi connectivity index (χ2v) is 9.93. The van der Waals surface area contributed by atoms with Gasteiger partial charge in [-0.05, 0) is 87.5 Å².